The number of carbonyl (C=O) groups is 2. The van der Waals surface area contributed by atoms with Crippen LogP contribution in [0.4, 0.5) is 5.69 Å². The second-order valence-electron chi connectivity index (χ2n) is 6.96. The highest BCUT2D eigenvalue weighted by Gasteiger charge is 2.21. The molecule has 0 bridgehead atoms. The Kier molecular flexibility index (Phi) is 6.27. The normalized spacial score (nSPS) is 12.2. The van der Waals surface area contributed by atoms with Crippen LogP contribution in [0.3, 0.4) is 0 Å². The lowest BCUT2D eigenvalue weighted by molar-refractivity contribution is -0.122. The third-order valence-corrected chi connectivity index (χ3v) is 3.63. The van der Waals surface area contributed by atoms with E-state index in [0.29, 0.717) is 22.0 Å². The molecule has 2 aromatic carbocycles. The van der Waals surface area contributed by atoms with Crippen LogP contribution in [0.1, 0.15) is 38.1 Å². The third kappa shape index (κ3) is 5.77. The Bertz CT molecular complexity index is 800. The topological polar surface area (TPSA) is 67.4 Å². The zero-order valence-corrected chi connectivity index (χ0v) is 16.1. The van der Waals surface area contributed by atoms with E-state index < -0.39 is 6.10 Å². The summed E-state index contributed by atoms with van der Waals surface area (Å²) in [5.74, 6) is -0.114. The van der Waals surface area contributed by atoms with E-state index in [9.17, 15) is 9.59 Å². The van der Waals surface area contributed by atoms with Gasteiger partial charge in [0.15, 0.2) is 6.10 Å². The van der Waals surface area contributed by atoms with Crippen molar-refractivity contribution in [3.63, 3.8) is 0 Å². The number of halogens is 1. The number of para-hydroxylation sites is 1. The first-order valence-electron chi connectivity index (χ1n) is 8.30. The summed E-state index contributed by atoms with van der Waals surface area (Å²) in [6.07, 6.45) is -0.757. The zero-order chi connectivity index (χ0) is 19.3. The Hall–Kier alpha value is -2.53. The van der Waals surface area contributed by atoms with Crippen molar-refractivity contribution in [2.24, 2.45) is 0 Å². The van der Waals surface area contributed by atoms with Gasteiger partial charge in [-0.3, -0.25) is 9.59 Å². The first kappa shape index (κ1) is 19.8. The van der Waals surface area contributed by atoms with Crippen molar-refractivity contribution in [1.29, 1.82) is 0 Å². The molecule has 0 radical (unpaired) electrons. The van der Waals surface area contributed by atoms with Crippen LogP contribution in [0.5, 0.6) is 5.75 Å². The average Bonchev–Trinajstić information content (AvgIpc) is 2.53. The molecule has 0 aromatic heterocycles. The molecular weight excluding hydrogens is 352 g/mol. The summed E-state index contributed by atoms with van der Waals surface area (Å²) in [5, 5.41) is 6.17. The summed E-state index contributed by atoms with van der Waals surface area (Å²) in [6.45, 7) is 7.32. The maximum absolute atomic E-state index is 12.5. The molecule has 0 fully saturated rings. The number of hydrogen-bond donors (Lipinski definition) is 2. The predicted molar refractivity (Wildman–Crippen MR) is 104 cm³/mol. The van der Waals surface area contributed by atoms with Gasteiger partial charge in [0, 0.05) is 10.6 Å². The molecule has 0 aliphatic carbocycles. The Morgan fingerprint density at radius 3 is 2.42 bits per heavy atom. The van der Waals surface area contributed by atoms with E-state index in [2.05, 4.69) is 10.6 Å². The van der Waals surface area contributed by atoms with Gasteiger partial charge in [0.05, 0.1) is 11.3 Å². The van der Waals surface area contributed by atoms with Crippen LogP contribution in [-0.2, 0) is 4.79 Å². The molecule has 1 unspecified atom stereocenters. The van der Waals surface area contributed by atoms with E-state index in [4.69, 9.17) is 16.3 Å². The molecule has 0 aliphatic rings. The van der Waals surface area contributed by atoms with Gasteiger partial charge in [-0.2, -0.15) is 0 Å². The lowest BCUT2D eigenvalue weighted by atomic mass is 10.1. The SMILES string of the molecule is CC(Oc1cccc(Cl)c1)C(=O)Nc1ccccc1C(=O)NC(C)(C)C. The third-order valence-electron chi connectivity index (χ3n) is 3.40. The predicted octanol–water partition coefficient (Wildman–Crippen LogP) is 4.27. The molecule has 2 N–H and O–H groups in total. The highest BCUT2D eigenvalue weighted by Crippen LogP contribution is 2.20. The molecule has 5 nitrogen and oxygen atoms in total. The Labute approximate surface area is 158 Å². The van der Waals surface area contributed by atoms with Crippen molar-refractivity contribution in [1.82, 2.24) is 5.32 Å². The van der Waals surface area contributed by atoms with E-state index in [0.717, 1.165) is 0 Å². The fourth-order valence-corrected chi connectivity index (χ4v) is 2.41. The lowest BCUT2D eigenvalue weighted by Crippen LogP contribution is -2.41. The van der Waals surface area contributed by atoms with E-state index in [-0.39, 0.29) is 17.4 Å². The van der Waals surface area contributed by atoms with Crippen molar-refractivity contribution in [3.8, 4) is 5.75 Å². The molecule has 6 heteroatoms. The van der Waals surface area contributed by atoms with Crippen LogP contribution in [-0.4, -0.2) is 23.5 Å². The largest absolute Gasteiger partial charge is 0.481 e. The van der Waals surface area contributed by atoms with Crippen molar-refractivity contribution < 1.29 is 14.3 Å². The summed E-state index contributed by atoms with van der Waals surface area (Å²) in [6, 6.07) is 13.7. The fraction of sp³-hybridized carbons (Fsp3) is 0.300. The number of hydrogen-bond acceptors (Lipinski definition) is 3. The molecule has 26 heavy (non-hydrogen) atoms. The van der Waals surface area contributed by atoms with Gasteiger partial charge in [-0.1, -0.05) is 29.8 Å². The minimum absolute atomic E-state index is 0.253. The maximum Gasteiger partial charge on any atom is 0.265 e. The number of nitrogens with one attached hydrogen (secondary N) is 2. The molecular formula is C20H23ClN2O3. The Morgan fingerprint density at radius 2 is 1.77 bits per heavy atom. The molecule has 0 aliphatic heterocycles. The molecule has 2 aromatic rings. The van der Waals surface area contributed by atoms with Crippen LogP contribution in [0.25, 0.3) is 0 Å². The van der Waals surface area contributed by atoms with E-state index in [1.54, 1.807) is 55.5 Å². The van der Waals surface area contributed by atoms with Gasteiger partial charge in [-0.15, -0.1) is 0 Å². The average molecular weight is 375 g/mol. The van der Waals surface area contributed by atoms with Gasteiger partial charge < -0.3 is 15.4 Å². The van der Waals surface area contributed by atoms with Crippen LogP contribution in [0, 0.1) is 0 Å². The molecule has 2 rings (SSSR count). The smallest absolute Gasteiger partial charge is 0.265 e. The van der Waals surface area contributed by atoms with E-state index in [1.807, 2.05) is 20.8 Å². The first-order chi connectivity index (χ1) is 12.2. The van der Waals surface area contributed by atoms with Gasteiger partial charge in [0.25, 0.3) is 11.8 Å². The zero-order valence-electron chi connectivity index (χ0n) is 15.3. The molecule has 1 atom stereocenters. The maximum atomic E-state index is 12.5. The molecule has 0 saturated carbocycles. The van der Waals surface area contributed by atoms with Gasteiger partial charge in [0.2, 0.25) is 0 Å². The van der Waals surface area contributed by atoms with Gasteiger partial charge >= 0.3 is 0 Å². The lowest BCUT2D eigenvalue weighted by Gasteiger charge is -2.22. The minimum atomic E-state index is -0.757. The Morgan fingerprint density at radius 1 is 1.08 bits per heavy atom. The summed E-state index contributed by atoms with van der Waals surface area (Å²) in [4.78, 5) is 24.9. The van der Waals surface area contributed by atoms with Crippen LogP contribution in [0.15, 0.2) is 48.5 Å². The quantitative estimate of drug-likeness (QED) is 0.821. The molecule has 138 valence electrons. The molecule has 0 spiro atoms. The van der Waals surface area contributed by atoms with Crippen LogP contribution in [0.2, 0.25) is 5.02 Å². The van der Waals surface area contributed by atoms with Crippen molar-refractivity contribution in [3.05, 3.63) is 59.1 Å². The van der Waals surface area contributed by atoms with E-state index >= 15 is 0 Å². The second-order valence-corrected chi connectivity index (χ2v) is 7.39. The van der Waals surface area contributed by atoms with E-state index in [1.165, 1.54) is 0 Å². The van der Waals surface area contributed by atoms with Crippen LogP contribution < -0.4 is 15.4 Å². The number of anilines is 1. The number of ether oxygens (including phenoxy) is 1. The van der Waals surface area contributed by atoms with Crippen molar-refractivity contribution in [2.75, 3.05) is 5.32 Å². The molecule has 0 heterocycles. The number of benzene rings is 2. The summed E-state index contributed by atoms with van der Waals surface area (Å²) < 4.78 is 5.61. The molecule has 0 saturated heterocycles. The number of rotatable bonds is 5. The minimum Gasteiger partial charge on any atom is -0.481 e. The van der Waals surface area contributed by atoms with Crippen molar-refractivity contribution in [2.45, 2.75) is 39.3 Å². The number of amides is 2. The molecule has 2 amide bonds. The van der Waals surface area contributed by atoms with Gasteiger partial charge in [-0.05, 0) is 58.0 Å². The van der Waals surface area contributed by atoms with Crippen molar-refractivity contribution >= 4 is 29.1 Å². The summed E-state index contributed by atoms with van der Waals surface area (Å²) in [5.41, 5.74) is 0.448. The van der Waals surface area contributed by atoms with Gasteiger partial charge in [-0.25, -0.2) is 0 Å². The summed E-state index contributed by atoms with van der Waals surface area (Å²) in [7, 11) is 0. The standard InChI is InChI=1S/C20H23ClN2O3/c1-13(26-15-9-7-8-14(21)12-15)18(24)22-17-11-6-5-10-16(17)19(25)23-20(2,3)4/h5-13H,1-4H3,(H,22,24)(H,23,25). The first-order valence-corrected chi connectivity index (χ1v) is 8.68. The monoisotopic (exact) mass is 374 g/mol. The summed E-state index contributed by atoms with van der Waals surface area (Å²) >= 11 is 5.92. The van der Waals surface area contributed by atoms with Gasteiger partial charge in [0.1, 0.15) is 5.75 Å². The second kappa shape index (κ2) is 8.23. The Balaban J connectivity index is 2.10. The fourth-order valence-electron chi connectivity index (χ4n) is 2.23. The van der Waals surface area contributed by atoms with Crippen LogP contribution >= 0.6 is 11.6 Å². The number of carbonyl (C=O) groups excluding carboxylic acids is 2. The highest BCUT2D eigenvalue weighted by molar-refractivity contribution is 6.30. The highest BCUT2D eigenvalue weighted by atomic mass is 35.5.